The minimum atomic E-state index is 0.470. The lowest BCUT2D eigenvalue weighted by Crippen LogP contribution is -2.62. The van der Waals surface area contributed by atoms with Crippen LogP contribution in [-0.4, -0.2) is 37.2 Å². The first-order valence-corrected chi connectivity index (χ1v) is 7.13. The van der Waals surface area contributed by atoms with Gasteiger partial charge in [0.05, 0.1) is 18.8 Å². The van der Waals surface area contributed by atoms with Crippen LogP contribution in [0.2, 0.25) is 0 Å². The molecule has 2 nitrogen and oxygen atoms in total. The summed E-state index contributed by atoms with van der Waals surface area (Å²) in [4.78, 5) is 2.47. The molecule has 2 heterocycles. The third-order valence-electron chi connectivity index (χ3n) is 2.94. The van der Waals surface area contributed by atoms with Gasteiger partial charge in [0.1, 0.15) is 0 Å². The maximum Gasteiger partial charge on any atom is 0.0676 e. The Kier molecular flexibility index (Phi) is 13.0. The van der Waals surface area contributed by atoms with E-state index in [4.69, 9.17) is 4.74 Å². The van der Waals surface area contributed by atoms with Crippen molar-refractivity contribution in [3.8, 4) is 0 Å². The van der Waals surface area contributed by atoms with E-state index in [1.54, 1.807) is 0 Å². The number of rotatable bonds is 0. The molecule has 0 aromatic heterocycles. The highest BCUT2D eigenvalue weighted by atomic mass is 16.5. The SMILES string of the molecule is CC.CC.CC.CN1CCCCC12COC2. The highest BCUT2D eigenvalue weighted by Crippen LogP contribution is 2.32. The van der Waals surface area contributed by atoms with Gasteiger partial charge in [-0.05, 0) is 26.4 Å². The fourth-order valence-electron chi connectivity index (χ4n) is 1.93. The summed E-state index contributed by atoms with van der Waals surface area (Å²) in [6, 6.07) is 0. The van der Waals surface area contributed by atoms with Gasteiger partial charge in [-0.15, -0.1) is 0 Å². The average Bonchev–Trinajstić information content (AvgIpc) is 2.35. The van der Waals surface area contributed by atoms with E-state index in [0.717, 1.165) is 13.2 Å². The number of likely N-dealkylation sites (N-methyl/N-ethyl adjacent to an activating group) is 1. The first-order chi connectivity index (χ1) is 7.83. The Morgan fingerprint density at radius 1 is 0.875 bits per heavy atom. The predicted octanol–water partition coefficient (Wildman–Crippen LogP) is 3.95. The number of nitrogens with zero attached hydrogens (tertiary/aromatic N) is 1. The largest absolute Gasteiger partial charge is 0.377 e. The fraction of sp³-hybridized carbons (Fsp3) is 1.00. The Morgan fingerprint density at radius 3 is 1.62 bits per heavy atom. The zero-order valence-electron chi connectivity index (χ0n) is 12.6. The second-order valence-corrected chi connectivity index (χ2v) is 3.60. The van der Waals surface area contributed by atoms with Crippen LogP contribution in [0, 0.1) is 0 Å². The van der Waals surface area contributed by atoms with Crippen molar-refractivity contribution in [2.45, 2.75) is 66.3 Å². The van der Waals surface area contributed by atoms with Crippen molar-refractivity contribution in [2.24, 2.45) is 0 Å². The lowest BCUT2D eigenvalue weighted by molar-refractivity contribution is -0.147. The third kappa shape index (κ3) is 4.84. The van der Waals surface area contributed by atoms with E-state index in [1.807, 2.05) is 41.5 Å². The number of piperidine rings is 1. The molecule has 2 aliphatic heterocycles. The average molecular weight is 231 g/mol. The summed E-state index contributed by atoms with van der Waals surface area (Å²) in [7, 11) is 2.22. The number of likely N-dealkylation sites (tertiary alicyclic amines) is 1. The molecule has 0 aliphatic carbocycles. The summed E-state index contributed by atoms with van der Waals surface area (Å²) in [6.07, 6.45) is 4.12. The quantitative estimate of drug-likeness (QED) is 0.626. The zero-order valence-corrected chi connectivity index (χ0v) is 12.6. The highest BCUT2D eigenvalue weighted by molar-refractivity contribution is 4.97. The van der Waals surface area contributed by atoms with Crippen molar-refractivity contribution < 1.29 is 4.74 Å². The van der Waals surface area contributed by atoms with Gasteiger partial charge in [0.25, 0.3) is 0 Å². The summed E-state index contributed by atoms with van der Waals surface area (Å²) in [5, 5.41) is 0. The lowest BCUT2D eigenvalue weighted by atomic mass is 9.85. The maximum absolute atomic E-state index is 5.24. The smallest absolute Gasteiger partial charge is 0.0676 e. The van der Waals surface area contributed by atoms with Crippen LogP contribution >= 0.6 is 0 Å². The van der Waals surface area contributed by atoms with Crippen LogP contribution in [0.1, 0.15) is 60.8 Å². The monoisotopic (exact) mass is 231 g/mol. The van der Waals surface area contributed by atoms with E-state index in [1.165, 1.54) is 25.8 Å². The van der Waals surface area contributed by atoms with Crippen LogP contribution < -0.4 is 0 Å². The summed E-state index contributed by atoms with van der Waals surface area (Å²) in [5.74, 6) is 0. The first-order valence-electron chi connectivity index (χ1n) is 7.13. The molecule has 2 saturated heterocycles. The van der Waals surface area contributed by atoms with Gasteiger partial charge < -0.3 is 4.74 Å². The predicted molar refractivity (Wildman–Crippen MR) is 74.1 cm³/mol. The topological polar surface area (TPSA) is 12.5 Å². The third-order valence-corrected chi connectivity index (χ3v) is 2.94. The van der Waals surface area contributed by atoms with E-state index in [9.17, 15) is 0 Å². The van der Waals surface area contributed by atoms with Crippen LogP contribution in [-0.2, 0) is 4.74 Å². The first kappa shape index (κ1) is 18.3. The van der Waals surface area contributed by atoms with Gasteiger partial charge in [0, 0.05) is 0 Å². The number of ether oxygens (including phenoxy) is 1. The standard InChI is InChI=1S/C8H15NO.3C2H6/c1-9-5-3-2-4-8(9)6-10-7-8;3*1-2/h2-7H2,1H3;3*1-2H3. The van der Waals surface area contributed by atoms with Gasteiger partial charge in [0.15, 0.2) is 0 Å². The molecule has 2 fully saturated rings. The number of hydrogen-bond acceptors (Lipinski definition) is 2. The Labute approximate surface area is 103 Å². The molecule has 0 amide bonds. The molecule has 0 aromatic rings. The van der Waals surface area contributed by atoms with Crippen LogP contribution in [0.15, 0.2) is 0 Å². The molecule has 0 N–H and O–H groups in total. The van der Waals surface area contributed by atoms with Crippen LogP contribution in [0.25, 0.3) is 0 Å². The second kappa shape index (κ2) is 11.4. The normalized spacial score (nSPS) is 21.2. The Bertz CT molecular complexity index is 133. The van der Waals surface area contributed by atoms with Gasteiger partial charge in [-0.2, -0.15) is 0 Å². The van der Waals surface area contributed by atoms with Gasteiger partial charge in [-0.1, -0.05) is 48.0 Å². The molecule has 0 aromatic carbocycles. The van der Waals surface area contributed by atoms with Gasteiger partial charge >= 0.3 is 0 Å². The lowest BCUT2D eigenvalue weighted by Gasteiger charge is -2.50. The molecule has 16 heavy (non-hydrogen) atoms. The second-order valence-electron chi connectivity index (χ2n) is 3.60. The molecule has 100 valence electrons. The molecule has 0 saturated carbocycles. The van der Waals surface area contributed by atoms with Crippen molar-refractivity contribution >= 4 is 0 Å². The number of hydrogen-bond donors (Lipinski definition) is 0. The maximum atomic E-state index is 5.24. The minimum Gasteiger partial charge on any atom is -0.377 e. The molecule has 0 radical (unpaired) electrons. The molecule has 0 unspecified atom stereocenters. The van der Waals surface area contributed by atoms with Gasteiger partial charge in [0.2, 0.25) is 0 Å². The zero-order chi connectivity index (χ0) is 13.0. The Balaban J connectivity index is 0. The summed E-state index contributed by atoms with van der Waals surface area (Å²) in [6.45, 7) is 15.2. The van der Waals surface area contributed by atoms with Crippen molar-refractivity contribution in [3.05, 3.63) is 0 Å². The Hall–Kier alpha value is -0.0800. The molecule has 1 spiro atoms. The molecule has 2 heteroatoms. The van der Waals surface area contributed by atoms with Crippen molar-refractivity contribution in [2.75, 3.05) is 26.8 Å². The molecular formula is C14H33NO. The molecule has 2 rings (SSSR count). The molecule has 0 atom stereocenters. The van der Waals surface area contributed by atoms with E-state index >= 15 is 0 Å². The van der Waals surface area contributed by atoms with Gasteiger partial charge in [-0.3, -0.25) is 4.90 Å². The highest BCUT2D eigenvalue weighted by Gasteiger charge is 2.43. The Morgan fingerprint density at radius 2 is 1.38 bits per heavy atom. The summed E-state index contributed by atoms with van der Waals surface area (Å²) >= 11 is 0. The van der Waals surface area contributed by atoms with E-state index in [-0.39, 0.29) is 0 Å². The molecule has 0 bridgehead atoms. The van der Waals surface area contributed by atoms with Crippen LogP contribution in [0.3, 0.4) is 0 Å². The van der Waals surface area contributed by atoms with Gasteiger partial charge in [-0.25, -0.2) is 0 Å². The fourth-order valence-corrected chi connectivity index (χ4v) is 1.93. The molecular weight excluding hydrogens is 198 g/mol. The minimum absolute atomic E-state index is 0.470. The van der Waals surface area contributed by atoms with Crippen molar-refractivity contribution in [1.29, 1.82) is 0 Å². The van der Waals surface area contributed by atoms with E-state index < -0.39 is 0 Å². The van der Waals surface area contributed by atoms with E-state index in [2.05, 4.69) is 11.9 Å². The van der Waals surface area contributed by atoms with E-state index in [0.29, 0.717) is 5.54 Å². The van der Waals surface area contributed by atoms with Crippen LogP contribution in [0.5, 0.6) is 0 Å². The summed E-state index contributed by atoms with van der Waals surface area (Å²) < 4.78 is 5.24. The molecule has 2 aliphatic rings. The van der Waals surface area contributed by atoms with Crippen molar-refractivity contribution in [1.82, 2.24) is 4.90 Å². The van der Waals surface area contributed by atoms with Crippen LogP contribution in [0.4, 0.5) is 0 Å². The summed E-state index contributed by atoms with van der Waals surface area (Å²) in [5.41, 5.74) is 0.470. The van der Waals surface area contributed by atoms with Crippen molar-refractivity contribution in [3.63, 3.8) is 0 Å².